The van der Waals surface area contributed by atoms with Gasteiger partial charge in [0.15, 0.2) is 6.61 Å². The van der Waals surface area contributed by atoms with E-state index in [0.717, 1.165) is 0 Å². The van der Waals surface area contributed by atoms with Crippen molar-refractivity contribution in [1.29, 1.82) is 0 Å². The Morgan fingerprint density at radius 3 is 2.62 bits per heavy atom. The molecule has 8 nitrogen and oxygen atoms in total. The van der Waals surface area contributed by atoms with Crippen LogP contribution in [0.3, 0.4) is 0 Å². The highest BCUT2D eigenvalue weighted by atomic mass is 16.6. The average Bonchev–Trinajstić information content (AvgIpc) is 2.53. The number of hydrogen-bond donors (Lipinski definition) is 2. The second-order valence-corrected chi connectivity index (χ2v) is 4.93. The fourth-order valence-corrected chi connectivity index (χ4v) is 2.00. The first-order chi connectivity index (χ1) is 11.4. The summed E-state index contributed by atoms with van der Waals surface area (Å²) in [5.74, 6) is -1.25. The molecule has 0 aromatic heterocycles. The van der Waals surface area contributed by atoms with Crippen molar-refractivity contribution in [3.8, 4) is 5.75 Å². The number of benzene rings is 2. The van der Waals surface area contributed by atoms with E-state index in [-0.39, 0.29) is 17.9 Å². The minimum absolute atomic E-state index is 0.0303. The molecule has 2 rings (SSSR count). The van der Waals surface area contributed by atoms with Crippen molar-refractivity contribution in [3.05, 3.63) is 63.7 Å². The lowest BCUT2D eigenvalue weighted by molar-refractivity contribution is -0.385. The number of carboxylic acids is 1. The zero-order valence-corrected chi connectivity index (χ0v) is 12.7. The molecular formula is C16H14N2O6. The number of ether oxygens (including phenoxy) is 1. The van der Waals surface area contributed by atoms with Crippen LogP contribution in [0, 0.1) is 17.0 Å². The first kappa shape index (κ1) is 16.9. The standard InChI is InChI=1S/C16H14N2O6/c1-10-7-13(5-6-14(10)18(22)23)24-9-15(19)17-12-4-2-3-11(8-12)16(20)21/h2-8H,9H2,1H3,(H,17,19)(H,20,21). The summed E-state index contributed by atoms with van der Waals surface area (Å²) >= 11 is 0. The van der Waals surface area contributed by atoms with Gasteiger partial charge < -0.3 is 15.2 Å². The van der Waals surface area contributed by atoms with Crippen LogP contribution in [0.5, 0.6) is 5.75 Å². The molecule has 1 amide bonds. The predicted octanol–water partition coefficient (Wildman–Crippen LogP) is 2.62. The molecule has 0 bridgehead atoms. The number of carbonyl (C=O) groups excluding carboxylic acids is 1. The molecule has 124 valence electrons. The largest absolute Gasteiger partial charge is 0.484 e. The highest BCUT2D eigenvalue weighted by Gasteiger charge is 2.12. The molecule has 0 fully saturated rings. The van der Waals surface area contributed by atoms with Crippen LogP contribution in [0.15, 0.2) is 42.5 Å². The van der Waals surface area contributed by atoms with E-state index in [1.165, 1.54) is 36.4 Å². The number of nitrogens with one attached hydrogen (secondary N) is 1. The zero-order chi connectivity index (χ0) is 17.7. The average molecular weight is 330 g/mol. The molecule has 2 N–H and O–H groups in total. The van der Waals surface area contributed by atoms with Gasteiger partial charge in [-0.15, -0.1) is 0 Å². The highest BCUT2D eigenvalue weighted by molar-refractivity contribution is 5.94. The predicted molar refractivity (Wildman–Crippen MR) is 85.4 cm³/mol. The number of aromatic carboxylic acids is 1. The number of nitro groups is 1. The fourth-order valence-electron chi connectivity index (χ4n) is 2.00. The molecule has 0 heterocycles. The van der Waals surface area contributed by atoms with Gasteiger partial charge in [-0.05, 0) is 37.3 Å². The van der Waals surface area contributed by atoms with E-state index in [2.05, 4.69) is 5.32 Å². The molecule has 0 unspecified atom stereocenters. The van der Waals surface area contributed by atoms with Gasteiger partial charge >= 0.3 is 5.97 Å². The summed E-state index contributed by atoms with van der Waals surface area (Å²) < 4.78 is 5.28. The van der Waals surface area contributed by atoms with Crippen LogP contribution in [-0.2, 0) is 4.79 Å². The molecule has 0 atom stereocenters. The molecule has 8 heteroatoms. The molecule has 0 radical (unpaired) electrons. The molecule has 0 aliphatic rings. The van der Waals surface area contributed by atoms with E-state index < -0.39 is 16.8 Å². The molecule has 0 aliphatic carbocycles. The van der Waals surface area contributed by atoms with E-state index in [1.807, 2.05) is 0 Å². The number of carbonyl (C=O) groups is 2. The van der Waals surface area contributed by atoms with Crippen LogP contribution >= 0.6 is 0 Å². The fraction of sp³-hybridized carbons (Fsp3) is 0.125. The Balaban J connectivity index is 1.96. The van der Waals surface area contributed by atoms with Gasteiger partial charge in [0.25, 0.3) is 11.6 Å². The van der Waals surface area contributed by atoms with Gasteiger partial charge in [0.05, 0.1) is 10.5 Å². The van der Waals surface area contributed by atoms with Crippen LogP contribution in [0.25, 0.3) is 0 Å². The molecule has 2 aromatic carbocycles. The molecule has 0 aliphatic heterocycles. The van der Waals surface area contributed by atoms with E-state index in [4.69, 9.17) is 9.84 Å². The van der Waals surface area contributed by atoms with E-state index in [9.17, 15) is 19.7 Å². The van der Waals surface area contributed by atoms with Crippen LogP contribution in [0.1, 0.15) is 15.9 Å². The smallest absolute Gasteiger partial charge is 0.335 e. The summed E-state index contributed by atoms with van der Waals surface area (Å²) in [5.41, 5.74) is 0.785. The lowest BCUT2D eigenvalue weighted by Crippen LogP contribution is -2.20. The minimum atomic E-state index is -1.09. The molecule has 24 heavy (non-hydrogen) atoms. The van der Waals surface area contributed by atoms with Crippen molar-refractivity contribution in [2.75, 3.05) is 11.9 Å². The summed E-state index contributed by atoms with van der Waals surface area (Å²) in [7, 11) is 0. The van der Waals surface area contributed by atoms with Gasteiger partial charge in [-0.2, -0.15) is 0 Å². The third-order valence-electron chi connectivity index (χ3n) is 3.13. The number of aryl methyl sites for hydroxylation is 1. The number of anilines is 1. The second kappa shape index (κ2) is 7.23. The molecule has 0 spiro atoms. The molecular weight excluding hydrogens is 316 g/mol. The second-order valence-electron chi connectivity index (χ2n) is 4.93. The van der Waals surface area contributed by atoms with Gasteiger partial charge in [0.2, 0.25) is 0 Å². The van der Waals surface area contributed by atoms with Crippen LogP contribution in [0.2, 0.25) is 0 Å². The number of amides is 1. The van der Waals surface area contributed by atoms with E-state index in [1.54, 1.807) is 13.0 Å². The Labute approximate surface area is 136 Å². The summed E-state index contributed by atoms with van der Waals surface area (Å²) in [6, 6.07) is 9.99. The van der Waals surface area contributed by atoms with Gasteiger partial charge in [0.1, 0.15) is 5.75 Å². The third kappa shape index (κ3) is 4.29. The summed E-state index contributed by atoms with van der Waals surface area (Å²) in [5, 5.41) is 22.2. The summed E-state index contributed by atoms with van der Waals surface area (Å²) in [6.45, 7) is 1.26. The van der Waals surface area contributed by atoms with Crippen molar-refractivity contribution < 1.29 is 24.4 Å². The molecule has 0 saturated carbocycles. The SMILES string of the molecule is Cc1cc(OCC(=O)Nc2cccc(C(=O)O)c2)ccc1[N+](=O)[O-]. The topological polar surface area (TPSA) is 119 Å². The van der Waals surface area contributed by atoms with Gasteiger partial charge in [-0.1, -0.05) is 6.07 Å². The number of hydrogen-bond acceptors (Lipinski definition) is 5. The Hall–Kier alpha value is -3.42. The zero-order valence-electron chi connectivity index (χ0n) is 12.7. The minimum Gasteiger partial charge on any atom is -0.484 e. The number of carboxylic acid groups (broad SMARTS) is 1. The van der Waals surface area contributed by atoms with Crippen molar-refractivity contribution in [3.63, 3.8) is 0 Å². The van der Waals surface area contributed by atoms with E-state index in [0.29, 0.717) is 17.0 Å². The maximum Gasteiger partial charge on any atom is 0.335 e. The van der Waals surface area contributed by atoms with Gasteiger partial charge in [0, 0.05) is 17.3 Å². The van der Waals surface area contributed by atoms with Crippen molar-refractivity contribution in [2.24, 2.45) is 0 Å². The Morgan fingerprint density at radius 2 is 2.00 bits per heavy atom. The normalized spacial score (nSPS) is 10.0. The summed E-state index contributed by atoms with van der Waals surface area (Å²) in [6.07, 6.45) is 0. The quantitative estimate of drug-likeness (QED) is 0.621. The maximum atomic E-state index is 11.8. The molecule has 2 aromatic rings. The summed E-state index contributed by atoms with van der Waals surface area (Å²) in [4.78, 5) is 32.9. The molecule has 0 saturated heterocycles. The van der Waals surface area contributed by atoms with E-state index >= 15 is 0 Å². The number of rotatable bonds is 6. The first-order valence-corrected chi connectivity index (χ1v) is 6.88. The maximum absolute atomic E-state index is 11.8. The Bertz CT molecular complexity index is 803. The van der Waals surface area contributed by atoms with Gasteiger partial charge in [-0.3, -0.25) is 14.9 Å². The Kier molecular flexibility index (Phi) is 5.10. The van der Waals surface area contributed by atoms with Crippen LogP contribution in [0.4, 0.5) is 11.4 Å². The highest BCUT2D eigenvalue weighted by Crippen LogP contribution is 2.23. The lowest BCUT2D eigenvalue weighted by atomic mass is 10.2. The van der Waals surface area contributed by atoms with Crippen LogP contribution in [-0.4, -0.2) is 28.5 Å². The van der Waals surface area contributed by atoms with Gasteiger partial charge in [-0.25, -0.2) is 4.79 Å². The Morgan fingerprint density at radius 1 is 1.25 bits per heavy atom. The first-order valence-electron chi connectivity index (χ1n) is 6.88. The third-order valence-corrected chi connectivity index (χ3v) is 3.13. The lowest BCUT2D eigenvalue weighted by Gasteiger charge is -2.08. The monoisotopic (exact) mass is 330 g/mol. The number of nitro benzene ring substituents is 1. The van der Waals surface area contributed by atoms with Crippen LogP contribution < -0.4 is 10.1 Å². The van der Waals surface area contributed by atoms with Crippen molar-refractivity contribution >= 4 is 23.3 Å². The van der Waals surface area contributed by atoms with Crippen molar-refractivity contribution in [2.45, 2.75) is 6.92 Å². The van der Waals surface area contributed by atoms with Crippen molar-refractivity contribution in [1.82, 2.24) is 0 Å². The number of nitrogens with zero attached hydrogens (tertiary/aromatic N) is 1.